The Balaban J connectivity index is 1.46. The van der Waals surface area contributed by atoms with Crippen LogP contribution in [0.3, 0.4) is 0 Å². The molecule has 0 N–H and O–H groups in total. The number of dihydropyridines is 1. The quantitative estimate of drug-likeness (QED) is 0.168. The summed E-state index contributed by atoms with van der Waals surface area (Å²) in [5.41, 5.74) is 5.50. The molecule has 0 aliphatic carbocycles. The van der Waals surface area contributed by atoms with Crippen molar-refractivity contribution < 1.29 is 13.2 Å². The highest BCUT2D eigenvalue weighted by Gasteiger charge is 2.22. The minimum absolute atomic E-state index is 0.0322. The lowest BCUT2D eigenvalue weighted by molar-refractivity contribution is 0.478. The Hall–Kier alpha value is -4.04. The van der Waals surface area contributed by atoms with Gasteiger partial charge >= 0.3 is 0 Å². The zero-order valence-corrected chi connectivity index (χ0v) is 24.1. The number of hydrogen-bond acceptors (Lipinski definition) is 3. The lowest BCUT2D eigenvalue weighted by Crippen LogP contribution is -2.16. The van der Waals surface area contributed by atoms with Crippen LogP contribution in [0.1, 0.15) is 63.2 Å². The van der Waals surface area contributed by atoms with Crippen molar-refractivity contribution in [1.29, 1.82) is 0 Å². The molecule has 0 saturated carbocycles. The zero-order valence-electron chi connectivity index (χ0n) is 24.1. The van der Waals surface area contributed by atoms with Gasteiger partial charge in [0.25, 0.3) is 0 Å². The van der Waals surface area contributed by atoms with Crippen molar-refractivity contribution in [2.24, 2.45) is 21.3 Å². The van der Waals surface area contributed by atoms with Crippen molar-refractivity contribution in [3.8, 4) is 23.0 Å². The second kappa shape index (κ2) is 12.4. The Bertz CT molecular complexity index is 1550. The van der Waals surface area contributed by atoms with Crippen molar-refractivity contribution >= 4 is 11.9 Å². The molecular formula is C35H36F2N2O. The topological polar surface area (TPSA) is 37.9 Å². The molecule has 2 heterocycles. The van der Waals surface area contributed by atoms with Crippen molar-refractivity contribution in [2.45, 2.75) is 53.9 Å². The summed E-state index contributed by atoms with van der Waals surface area (Å²) < 4.78 is 34.4. The number of allylic oxidation sites excluding steroid dienone is 3. The van der Waals surface area contributed by atoms with Gasteiger partial charge in [0.05, 0.1) is 11.6 Å². The fraction of sp³-hybridized carbons (Fsp3) is 0.314. The van der Waals surface area contributed by atoms with Gasteiger partial charge in [-0.05, 0) is 89.4 Å². The molecule has 4 rings (SSSR count). The van der Waals surface area contributed by atoms with E-state index in [4.69, 9.17) is 9.41 Å². The van der Waals surface area contributed by atoms with E-state index >= 15 is 0 Å². The molecule has 3 aromatic rings. The maximum absolute atomic E-state index is 14.5. The summed E-state index contributed by atoms with van der Waals surface area (Å²) in [6, 6.07) is 14.5. The lowest BCUT2D eigenvalue weighted by Gasteiger charge is -2.21. The maximum atomic E-state index is 14.5. The molecule has 1 aliphatic rings. The Labute approximate surface area is 236 Å². The molecule has 1 aliphatic heterocycles. The van der Waals surface area contributed by atoms with Gasteiger partial charge in [0.1, 0.15) is 11.5 Å². The number of unbranched alkanes of at least 4 members (excludes halogenated alkanes) is 1. The molecule has 2 aromatic carbocycles. The van der Waals surface area contributed by atoms with E-state index in [1.54, 1.807) is 19.2 Å². The lowest BCUT2D eigenvalue weighted by atomic mass is 9.91. The molecule has 0 bridgehead atoms. The molecule has 1 atom stereocenters. The first-order valence-electron chi connectivity index (χ1n) is 13.6. The van der Waals surface area contributed by atoms with Gasteiger partial charge < -0.3 is 4.42 Å². The van der Waals surface area contributed by atoms with Crippen molar-refractivity contribution in [3.05, 3.63) is 106 Å². The molecule has 40 heavy (non-hydrogen) atoms. The standard InChI is InChI=1S/C35H36F2N2O/c1-23-20-33(28-11-9-12-31(36)34(28)37)39-32(30(23)22-38-6)13-8-7-10-27-21-29(24(2)40-27)26-16-14-25(15-17-26)18-19-35(3,4)5/h9,11-17,20-22,30H,7-8,10H2,1-6H3/b32-13+,38-22?. The summed E-state index contributed by atoms with van der Waals surface area (Å²) >= 11 is 0. The minimum Gasteiger partial charge on any atom is -0.466 e. The first-order valence-corrected chi connectivity index (χ1v) is 13.6. The van der Waals surface area contributed by atoms with Crippen LogP contribution in [0, 0.1) is 41.7 Å². The molecule has 206 valence electrons. The molecule has 0 radical (unpaired) electrons. The van der Waals surface area contributed by atoms with Gasteiger partial charge in [-0.15, -0.1) is 0 Å². The Morgan fingerprint density at radius 2 is 1.80 bits per heavy atom. The van der Waals surface area contributed by atoms with Gasteiger partial charge in [-0.3, -0.25) is 9.98 Å². The summed E-state index contributed by atoms with van der Waals surface area (Å²) in [5.74, 6) is 6.46. The monoisotopic (exact) mass is 538 g/mol. The number of halogens is 2. The predicted octanol–water partition coefficient (Wildman–Crippen LogP) is 8.90. The number of hydrogen-bond donors (Lipinski definition) is 0. The summed E-state index contributed by atoms with van der Waals surface area (Å²) in [6.07, 6.45) is 8.09. The highest BCUT2D eigenvalue weighted by atomic mass is 19.2. The first-order chi connectivity index (χ1) is 19.1. The van der Waals surface area contributed by atoms with Gasteiger partial charge in [0, 0.05) is 47.5 Å². The van der Waals surface area contributed by atoms with Crippen LogP contribution in [0.25, 0.3) is 11.1 Å². The molecule has 0 amide bonds. The third kappa shape index (κ3) is 7.12. The molecule has 0 fully saturated rings. The summed E-state index contributed by atoms with van der Waals surface area (Å²) in [4.78, 5) is 8.91. The van der Waals surface area contributed by atoms with E-state index < -0.39 is 11.6 Å². The van der Waals surface area contributed by atoms with Crippen LogP contribution in [-0.4, -0.2) is 19.0 Å². The van der Waals surface area contributed by atoms with Gasteiger partial charge in [0.2, 0.25) is 0 Å². The average Bonchev–Trinajstić information content (AvgIpc) is 3.28. The van der Waals surface area contributed by atoms with Crippen LogP contribution >= 0.6 is 0 Å². The second-order valence-electron chi connectivity index (χ2n) is 11.2. The third-order valence-corrected chi connectivity index (χ3v) is 6.68. The van der Waals surface area contributed by atoms with Crippen molar-refractivity contribution in [1.82, 2.24) is 0 Å². The van der Waals surface area contributed by atoms with E-state index in [0.717, 1.165) is 64.8 Å². The minimum atomic E-state index is -0.885. The normalized spacial score (nSPS) is 16.6. The highest BCUT2D eigenvalue weighted by molar-refractivity contribution is 6.11. The fourth-order valence-electron chi connectivity index (χ4n) is 4.61. The average molecular weight is 539 g/mol. The number of nitrogens with zero attached hydrogens (tertiary/aromatic N) is 2. The number of aryl methyl sites for hydroxylation is 2. The molecule has 0 saturated heterocycles. The number of aliphatic imine (C=N–C) groups is 2. The molecular weight excluding hydrogens is 502 g/mol. The van der Waals surface area contributed by atoms with E-state index in [-0.39, 0.29) is 16.9 Å². The summed E-state index contributed by atoms with van der Waals surface area (Å²) in [5, 5.41) is 0. The van der Waals surface area contributed by atoms with Gasteiger partial charge in [-0.1, -0.05) is 41.7 Å². The van der Waals surface area contributed by atoms with Gasteiger partial charge in [-0.25, -0.2) is 8.78 Å². The van der Waals surface area contributed by atoms with E-state index in [2.05, 4.69) is 61.9 Å². The fourth-order valence-corrected chi connectivity index (χ4v) is 4.61. The smallest absolute Gasteiger partial charge is 0.168 e. The van der Waals surface area contributed by atoms with E-state index in [1.807, 2.05) is 32.2 Å². The second-order valence-corrected chi connectivity index (χ2v) is 11.2. The van der Waals surface area contributed by atoms with Crippen molar-refractivity contribution in [3.63, 3.8) is 0 Å². The number of benzene rings is 2. The molecule has 5 heteroatoms. The van der Waals surface area contributed by atoms with Crippen LogP contribution < -0.4 is 0 Å². The van der Waals surface area contributed by atoms with Crippen molar-refractivity contribution in [2.75, 3.05) is 7.05 Å². The predicted molar refractivity (Wildman–Crippen MR) is 161 cm³/mol. The van der Waals surface area contributed by atoms with Crippen LogP contribution in [0.4, 0.5) is 8.78 Å². The first kappa shape index (κ1) is 29.0. The molecule has 1 aromatic heterocycles. The maximum Gasteiger partial charge on any atom is 0.168 e. The molecule has 0 spiro atoms. The summed E-state index contributed by atoms with van der Waals surface area (Å²) in [6.45, 7) is 10.3. The van der Waals surface area contributed by atoms with Crippen LogP contribution in [-0.2, 0) is 6.42 Å². The Morgan fingerprint density at radius 3 is 2.50 bits per heavy atom. The van der Waals surface area contributed by atoms with Gasteiger partial charge in [-0.2, -0.15) is 0 Å². The zero-order chi connectivity index (χ0) is 28.9. The Morgan fingerprint density at radius 1 is 1.05 bits per heavy atom. The Kier molecular flexibility index (Phi) is 9.00. The number of furan rings is 1. The molecule has 3 nitrogen and oxygen atoms in total. The van der Waals surface area contributed by atoms with Crippen LogP contribution in [0.15, 0.2) is 86.4 Å². The van der Waals surface area contributed by atoms with Gasteiger partial charge in [0.15, 0.2) is 11.6 Å². The van der Waals surface area contributed by atoms with Crippen LogP contribution in [0.5, 0.6) is 0 Å². The third-order valence-electron chi connectivity index (χ3n) is 6.68. The van der Waals surface area contributed by atoms with E-state index in [0.29, 0.717) is 5.71 Å². The SMILES string of the molecule is CN=CC1C(C)=CC(c2cccc(F)c2F)=N/C1=C/CCCc1cc(-c2ccc(C#CC(C)(C)C)cc2)c(C)o1. The van der Waals surface area contributed by atoms with Crippen LogP contribution in [0.2, 0.25) is 0 Å². The van der Waals surface area contributed by atoms with E-state index in [1.165, 1.54) is 6.07 Å². The molecule has 1 unspecified atom stereocenters. The highest BCUT2D eigenvalue weighted by Crippen LogP contribution is 2.30. The van der Waals surface area contributed by atoms with E-state index in [9.17, 15) is 8.78 Å². The number of rotatable bonds is 7. The summed E-state index contributed by atoms with van der Waals surface area (Å²) in [7, 11) is 1.72. The largest absolute Gasteiger partial charge is 0.466 e.